The van der Waals surface area contributed by atoms with Gasteiger partial charge in [0, 0.05) is 17.4 Å². The van der Waals surface area contributed by atoms with Crippen LogP contribution in [0.3, 0.4) is 0 Å². The molecule has 0 unspecified atom stereocenters. The minimum atomic E-state index is -0.252. The van der Waals surface area contributed by atoms with E-state index in [0.717, 1.165) is 28.4 Å². The van der Waals surface area contributed by atoms with E-state index in [1.54, 1.807) is 12.1 Å². The molecule has 118 valence electrons. The molecule has 0 aliphatic rings. The number of aryl methyl sites for hydroxylation is 1. The summed E-state index contributed by atoms with van der Waals surface area (Å²) in [6.07, 6.45) is 1.96. The van der Waals surface area contributed by atoms with E-state index in [1.165, 1.54) is 17.7 Å². The van der Waals surface area contributed by atoms with Crippen LogP contribution in [0.25, 0.3) is 16.9 Å². The zero-order valence-electron chi connectivity index (χ0n) is 13.2. The fourth-order valence-electron chi connectivity index (χ4n) is 2.70. The summed E-state index contributed by atoms with van der Waals surface area (Å²) in [7, 11) is 0. The Hall–Kier alpha value is -3.14. The van der Waals surface area contributed by atoms with Crippen LogP contribution in [0.5, 0.6) is 0 Å². The molecule has 4 aromatic rings. The second-order valence-electron chi connectivity index (χ2n) is 5.74. The van der Waals surface area contributed by atoms with Gasteiger partial charge in [-0.3, -0.25) is 4.40 Å². The molecule has 3 nitrogen and oxygen atoms in total. The zero-order chi connectivity index (χ0) is 16.5. The third-order valence-electron chi connectivity index (χ3n) is 3.96. The third kappa shape index (κ3) is 2.63. The summed E-state index contributed by atoms with van der Waals surface area (Å²) in [5, 5.41) is 3.37. The van der Waals surface area contributed by atoms with Crippen LogP contribution in [0.2, 0.25) is 0 Å². The molecule has 0 fully saturated rings. The Morgan fingerprint density at radius 1 is 0.917 bits per heavy atom. The number of nitrogens with one attached hydrogen (secondary N) is 1. The number of pyridine rings is 1. The summed E-state index contributed by atoms with van der Waals surface area (Å²) in [4.78, 5) is 4.75. The Balaban J connectivity index is 1.86. The first-order chi connectivity index (χ1) is 11.7. The number of nitrogens with zero attached hydrogens (tertiary/aromatic N) is 2. The molecule has 0 saturated heterocycles. The Morgan fingerprint density at radius 2 is 1.67 bits per heavy atom. The summed E-state index contributed by atoms with van der Waals surface area (Å²) in [6.45, 7) is 2.06. The van der Waals surface area contributed by atoms with Gasteiger partial charge in [0.05, 0.1) is 0 Å². The molecule has 2 aromatic heterocycles. The Morgan fingerprint density at radius 3 is 2.42 bits per heavy atom. The van der Waals surface area contributed by atoms with Crippen LogP contribution in [-0.2, 0) is 0 Å². The van der Waals surface area contributed by atoms with Crippen molar-refractivity contribution in [3.05, 3.63) is 84.3 Å². The Bertz CT molecular complexity index is 986. The predicted molar refractivity (Wildman–Crippen MR) is 95.0 cm³/mol. The lowest BCUT2D eigenvalue weighted by Gasteiger charge is -2.09. The lowest BCUT2D eigenvalue weighted by Crippen LogP contribution is -1.96. The van der Waals surface area contributed by atoms with Gasteiger partial charge in [-0.1, -0.05) is 35.9 Å². The molecule has 0 aliphatic heterocycles. The first-order valence-electron chi connectivity index (χ1n) is 7.77. The quantitative estimate of drug-likeness (QED) is 0.563. The molecule has 0 spiro atoms. The molecule has 0 radical (unpaired) electrons. The van der Waals surface area contributed by atoms with Crippen molar-refractivity contribution in [2.45, 2.75) is 6.92 Å². The maximum atomic E-state index is 13.2. The Labute approximate surface area is 139 Å². The van der Waals surface area contributed by atoms with Crippen LogP contribution in [0.15, 0.2) is 72.9 Å². The molecular formula is C20H16FN3. The van der Waals surface area contributed by atoms with Crippen molar-refractivity contribution < 1.29 is 4.39 Å². The molecule has 0 aliphatic carbocycles. The van der Waals surface area contributed by atoms with Crippen LogP contribution in [0.1, 0.15) is 5.56 Å². The zero-order valence-corrected chi connectivity index (χ0v) is 13.2. The monoisotopic (exact) mass is 317 g/mol. The van der Waals surface area contributed by atoms with E-state index in [2.05, 4.69) is 36.5 Å². The molecule has 4 heteroatoms. The number of aromatic nitrogens is 2. The molecular weight excluding hydrogens is 301 g/mol. The molecule has 4 rings (SSSR count). The molecule has 0 amide bonds. The van der Waals surface area contributed by atoms with E-state index >= 15 is 0 Å². The van der Waals surface area contributed by atoms with Crippen molar-refractivity contribution >= 4 is 17.2 Å². The highest BCUT2D eigenvalue weighted by atomic mass is 19.1. The van der Waals surface area contributed by atoms with Gasteiger partial charge >= 0.3 is 0 Å². The van der Waals surface area contributed by atoms with Gasteiger partial charge in [-0.25, -0.2) is 9.37 Å². The predicted octanol–water partition coefficient (Wildman–Crippen LogP) is 5.19. The summed E-state index contributed by atoms with van der Waals surface area (Å²) in [5.74, 6) is 0.610. The first-order valence-corrected chi connectivity index (χ1v) is 7.77. The fourth-order valence-corrected chi connectivity index (χ4v) is 2.70. The molecule has 2 heterocycles. The smallest absolute Gasteiger partial charge is 0.143 e. The largest absolute Gasteiger partial charge is 0.339 e. The fraction of sp³-hybridized carbons (Fsp3) is 0.0500. The van der Waals surface area contributed by atoms with Crippen LogP contribution >= 0.6 is 0 Å². The van der Waals surface area contributed by atoms with E-state index in [4.69, 9.17) is 4.98 Å². The second-order valence-corrected chi connectivity index (χ2v) is 5.74. The van der Waals surface area contributed by atoms with Crippen LogP contribution < -0.4 is 5.32 Å². The van der Waals surface area contributed by atoms with E-state index in [-0.39, 0.29) is 5.82 Å². The highest BCUT2D eigenvalue weighted by molar-refractivity contribution is 5.79. The number of hydrogen-bond acceptors (Lipinski definition) is 2. The van der Waals surface area contributed by atoms with E-state index in [1.807, 2.05) is 28.8 Å². The summed E-state index contributed by atoms with van der Waals surface area (Å²) in [5.41, 5.74) is 4.78. The lowest BCUT2D eigenvalue weighted by molar-refractivity contribution is 0.628. The molecule has 0 atom stereocenters. The maximum absolute atomic E-state index is 13.2. The van der Waals surface area contributed by atoms with Crippen molar-refractivity contribution in [2.75, 3.05) is 5.32 Å². The highest BCUT2D eigenvalue weighted by Gasteiger charge is 2.14. The van der Waals surface area contributed by atoms with Gasteiger partial charge in [0.15, 0.2) is 0 Å². The topological polar surface area (TPSA) is 29.3 Å². The van der Waals surface area contributed by atoms with E-state index in [9.17, 15) is 4.39 Å². The number of imidazole rings is 1. The maximum Gasteiger partial charge on any atom is 0.143 e. The van der Waals surface area contributed by atoms with Gasteiger partial charge < -0.3 is 5.32 Å². The minimum Gasteiger partial charge on any atom is -0.339 e. The Kier molecular flexibility index (Phi) is 3.50. The van der Waals surface area contributed by atoms with Gasteiger partial charge in [-0.05, 0) is 43.3 Å². The van der Waals surface area contributed by atoms with Gasteiger partial charge in [0.2, 0.25) is 0 Å². The van der Waals surface area contributed by atoms with Crippen molar-refractivity contribution in [1.82, 2.24) is 9.38 Å². The summed E-state index contributed by atoms with van der Waals surface area (Å²) >= 11 is 0. The van der Waals surface area contributed by atoms with Gasteiger partial charge in [0.1, 0.15) is 23.0 Å². The average molecular weight is 317 g/mol. The van der Waals surface area contributed by atoms with E-state index < -0.39 is 0 Å². The number of hydrogen-bond donors (Lipinski definition) is 1. The molecule has 24 heavy (non-hydrogen) atoms. The summed E-state index contributed by atoms with van der Waals surface area (Å²) in [6, 6.07) is 20.5. The van der Waals surface area contributed by atoms with Gasteiger partial charge in [-0.15, -0.1) is 0 Å². The second kappa shape index (κ2) is 5.81. The number of fused-ring (bicyclic) bond motifs is 1. The van der Waals surface area contributed by atoms with E-state index in [0.29, 0.717) is 0 Å². The lowest BCUT2D eigenvalue weighted by atomic mass is 10.1. The molecule has 0 bridgehead atoms. The van der Waals surface area contributed by atoms with Crippen LogP contribution in [-0.4, -0.2) is 9.38 Å². The highest BCUT2D eigenvalue weighted by Crippen LogP contribution is 2.31. The van der Waals surface area contributed by atoms with Crippen molar-refractivity contribution in [1.29, 1.82) is 0 Å². The van der Waals surface area contributed by atoms with Crippen LogP contribution in [0, 0.1) is 12.7 Å². The molecule has 0 saturated carbocycles. The first kappa shape index (κ1) is 14.5. The molecule has 2 aromatic carbocycles. The minimum absolute atomic E-state index is 0.252. The van der Waals surface area contributed by atoms with Crippen molar-refractivity contribution in [3.8, 4) is 11.3 Å². The summed E-state index contributed by atoms with van der Waals surface area (Å²) < 4.78 is 15.2. The van der Waals surface area contributed by atoms with Crippen LogP contribution in [0.4, 0.5) is 15.9 Å². The van der Waals surface area contributed by atoms with Gasteiger partial charge in [0.25, 0.3) is 0 Å². The number of benzene rings is 2. The third-order valence-corrected chi connectivity index (χ3v) is 3.96. The SMILES string of the molecule is Cc1ccc(-c2nc3ccccn3c2Nc2ccc(F)cc2)cc1. The number of rotatable bonds is 3. The average Bonchev–Trinajstić information content (AvgIpc) is 2.96. The number of anilines is 2. The van der Waals surface area contributed by atoms with Gasteiger partial charge in [-0.2, -0.15) is 0 Å². The standard InChI is InChI=1S/C20H16FN3/c1-14-5-7-15(8-6-14)19-20(22-17-11-9-16(21)10-12-17)24-13-3-2-4-18(24)23-19/h2-13,22H,1H3. The van der Waals surface area contributed by atoms with Crippen molar-refractivity contribution in [2.24, 2.45) is 0 Å². The number of halogens is 1. The van der Waals surface area contributed by atoms with Crippen molar-refractivity contribution in [3.63, 3.8) is 0 Å². The molecule has 1 N–H and O–H groups in total. The normalized spacial score (nSPS) is 10.9.